The lowest BCUT2D eigenvalue weighted by Gasteiger charge is -2.29. The predicted molar refractivity (Wildman–Crippen MR) is 65.9 cm³/mol. The normalized spacial score (nSPS) is 24.6. The van der Waals surface area contributed by atoms with Crippen LogP contribution in [0.1, 0.15) is 32.1 Å². The number of hydrogen-bond donors (Lipinski definition) is 2. The average Bonchev–Trinajstić information content (AvgIpc) is 2.27. The summed E-state index contributed by atoms with van der Waals surface area (Å²) in [6.45, 7) is 0.355. The van der Waals surface area contributed by atoms with Crippen LogP contribution in [0.2, 0.25) is 0 Å². The first-order valence-electron chi connectivity index (χ1n) is 5.93. The highest BCUT2D eigenvalue weighted by Crippen LogP contribution is 2.39. The van der Waals surface area contributed by atoms with Crippen molar-refractivity contribution in [3.63, 3.8) is 0 Å². The van der Waals surface area contributed by atoms with Gasteiger partial charge in [-0.25, -0.2) is 0 Å². The van der Waals surface area contributed by atoms with Crippen molar-refractivity contribution in [3.8, 4) is 0 Å². The maximum absolute atomic E-state index is 12.4. The fourth-order valence-corrected chi connectivity index (χ4v) is 2.24. The molecule has 1 fully saturated rings. The molecule has 3 N–H and O–H groups in total. The summed E-state index contributed by atoms with van der Waals surface area (Å²) < 4.78 is 37.3. The van der Waals surface area contributed by atoms with Crippen LogP contribution in [0, 0.1) is 11.8 Å². The Morgan fingerprint density at radius 1 is 1.28 bits per heavy atom. The summed E-state index contributed by atoms with van der Waals surface area (Å²) in [5, 5.41) is 2.65. The zero-order valence-electron chi connectivity index (χ0n) is 9.93. The largest absolute Gasteiger partial charge is 0.393 e. The fraction of sp³-hybridized carbons (Fsp3) is 0.818. The van der Waals surface area contributed by atoms with E-state index in [9.17, 15) is 18.0 Å². The molecular weight excluding hydrogens is 265 g/mol. The molecule has 0 saturated heterocycles. The molecule has 0 aliphatic heterocycles. The zero-order valence-corrected chi connectivity index (χ0v) is 10.7. The molecule has 1 saturated carbocycles. The molecule has 18 heavy (non-hydrogen) atoms. The maximum atomic E-state index is 12.4. The van der Waals surface area contributed by atoms with E-state index in [2.05, 4.69) is 17.5 Å². The van der Waals surface area contributed by atoms with Crippen LogP contribution in [0.5, 0.6) is 0 Å². The quantitative estimate of drug-likeness (QED) is 0.777. The number of nitrogens with two attached hydrogens (primary N) is 1. The van der Waals surface area contributed by atoms with Crippen molar-refractivity contribution in [2.24, 2.45) is 17.6 Å². The summed E-state index contributed by atoms with van der Waals surface area (Å²) >= 11 is 4.66. The summed E-state index contributed by atoms with van der Waals surface area (Å²) in [6, 6.07) is 0. The van der Waals surface area contributed by atoms with Gasteiger partial charge in [0.25, 0.3) is 0 Å². The molecular formula is C11H17F3N2OS. The van der Waals surface area contributed by atoms with Crippen molar-refractivity contribution in [1.82, 2.24) is 5.32 Å². The van der Waals surface area contributed by atoms with Crippen molar-refractivity contribution in [3.05, 3.63) is 0 Å². The number of halogens is 3. The molecule has 0 aromatic rings. The molecule has 0 bridgehead atoms. The maximum Gasteiger partial charge on any atom is 0.391 e. The molecule has 1 rings (SSSR count). The number of nitrogens with one attached hydrogen (secondary N) is 1. The first-order chi connectivity index (χ1) is 8.30. The molecule has 1 amide bonds. The van der Waals surface area contributed by atoms with Crippen molar-refractivity contribution in [2.75, 3.05) is 6.54 Å². The Morgan fingerprint density at radius 3 is 2.28 bits per heavy atom. The lowest BCUT2D eigenvalue weighted by Crippen LogP contribution is -2.37. The Hall–Kier alpha value is -0.850. The standard InChI is InChI=1S/C11H17F3N2OS/c12-11(13,14)8-3-1-7(2-4-8)10(17)16-6-5-9(15)18/h7-8H,1-6H2,(H2,15,18)(H,16,17). The van der Waals surface area contributed by atoms with E-state index in [1.54, 1.807) is 0 Å². The highest BCUT2D eigenvalue weighted by atomic mass is 32.1. The van der Waals surface area contributed by atoms with Crippen LogP contribution in [-0.4, -0.2) is 23.6 Å². The molecule has 0 spiro atoms. The Balaban J connectivity index is 2.30. The smallest absolute Gasteiger partial charge is 0.391 e. The van der Waals surface area contributed by atoms with Crippen molar-refractivity contribution in [2.45, 2.75) is 38.3 Å². The molecule has 0 aromatic heterocycles. The molecule has 0 radical (unpaired) electrons. The predicted octanol–water partition coefficient (Wildman–Crippen LogP) is 2.15. The Bertz CT molecular complexity index is 312. The Kier molecular flexibility index (Phi) is 5.37. The van der Waals surface area contributed by atoms with Crippen LogP contribution in [0.15, 0.2) is 0 Å². The third kappa shape index (κ3) is 4.80. The van der Waals surface area contributed by atoms with E-state index in [1.807, 2.05) is 0 Å². The van der Waals surface area contributed by atoms with Gasteiger partial charge >= 0.3 is 6.18 Å². The van der Waals surface area contributed by atoms with Crippen LogP contribution < -0.4 is 11.1 Å². The molecule has 0 unspecified atom stereocenters. The lowest BCUT2D eigenvalue weighted by molar-refractivity contribution is -0.184. The zero-order chi connectivity index (χ0) is 13.8. The van der Waals surface area contributed by atoms with Gasteiger partial charge in [-0.2, -0.15) is 13.2 Å². The first-order valence-corrected chi connectivity index (χ1v) is 6.34. The van der Waals surface area contributed by atoms with Gasteiger partial charge in [0, 0.05) is 18.9 Å². The van der Waals surface area contributed by atoms with Gasteiger partial charge in [0.05, 0.1) is 10.9 Å². The second-order valence-corrected chi connectivity index (χ2v) is 5.12. The monoisotopic (exact) mass is 282 g/mol. The Morgan fingerprint density at radius 2 is 1.83 bits per heavy atom. The van der Waals surface area contributed by atoms with E-state index in [-0.39, 0.29) is 24.7 Å². The number of alkyl halides is 3. The van der Waals surface area contributed by atoms with Gasteiger partial charge < -0.3 is 11.1 Å². The van der Waals surface area contributed by atoms with Crippen LogP contribution >= 0.6 is 12.2 Å². The highest BCUT2D eigenvalue weighted by Gasteiger charge is 2.42. The summed E-state index contributed by atoms with van der Waals surface area (Å²) in [5.74, 6) is -1.75. The van der Waals surface area contributed by atoms with Crippen LogP contribution in [0.25, 0.3) is 0 Å². The number of thiocarbonyl (C=S) groups is 1. The third-order valence-electron chi connectivity index (χ3n) is 3.23. The van der Waals surface area contributed by atoms with Crippen molar-refractivity contribution in [1.29, 1.82) is 0 Å². The molecule has 0 heterocycles. The van der Waals surface area contributed by atoms with E-state index in [1.165, 1.54) is 0 Å². The molecule has 104 valence electrons. The van der Waals surface area contributed by atoms with E-state index >= 15 is 0 Å². The highest BCUT2D eigenvalue weighted by molar-refractivity contribution is 7.80. The summed E-state index contributed by atoms with van der Waals surface area (Å²) in [6.07, 6.45) is -3.05. The first kappa shape index (κ1) is 15.2. The van der Waals surface area contributed by atoms with E-state index in [0.29, 0.717) is 30.8 Å². The van der Waals surface area contributed by atoms with Gasteiger partial charge in [-0.15, -0.1) is 0 Å². The number of amides is 1. The van der Waals surface area contributed by atoms with Gasteiger partial charge in [-0.05, 0) is 25.7 Å². The second kappa shape index (κ2) is 6.36. The molecule has 0 atom stereocenters. The van der Waals surface area contributed by atoms with Crippen LogP contribution in [-0.2, 0) is 4.79 Å². The molecule has 1 aliphatic rings. The summed E-state index contributed by atoms with van der Waals surface area (Å²) in [4.78, 5) is 12.0. The Labute approximate surface area is 109 Å². The number of carbonyl (C=O) groups is 1. The van der Waals surface area contributed by atoms with Crippen LogP contribution in [0.3, 0.4) is 0 Å². The van der Waals surface area contributed by atoms with E-state index in [0.717, 1.165) is 0 Å². The summed E-state index contributed by atoms with van der Waals surface area (Å²) in [7, 11) is 0. The van der Waals surface area contributed by atoms with Gasteiger partial charge in [-0.3, -0.25) is 4.79 Å². The average molecular weight is 282 g/mol. The van der Waals surface area contributed by atoms with Gasteiger partial charge in [0.15, 0.2) is 0 Å². The molecule has 7 heteroatoms. The summed E-state index contributed by atoms with van der Waals surface area (Å²) in [5.41, 5.74) is 5.28. The lowest BCUT2D eigenvalue weighted by atomic mass is 9.81. The number of hydrogen-bond acceptors (Lipinski definition) is 2. The molecule has 3 nitrogen and oxygen atoms in total. The minimum atomic E-state index is -4.13. The number of carbonyl (C=O) groups excluding carboxylic acids is 1. The minimum absolute atomic E-state index is 0.0386. The third-order valence-corrected chi connectivity index (χ3v) is 3.44. The second-order valence-electron chi connectivity index (χ2n) is 4.60. The van der Waals surface area contributed by atoms with E-state index in [4.69, 9.17) is 5.73 Å². The van der Waals surface area contributed by atoms with Gasteiger partial charge in [0.2, 0.25) is 5.91 Å². The van der Waals surface area contributed by atoms with Gasteiger partial charge in [-0.1, -0.05) is 12.2 Å². The topological polar surface area (TPSA) is 55.1 Å². The molecule has 0 aromatic carbocycles. The minimum Gasteiger partial charge on any atom is -0.393 e. The van der Waals surface area contributed by atoms with Crippen molar-refractivity contribution < 1.29 is 18.0 Å². The van der Waals surface area contributed by atoms with Crippen LogP contribution in [0.4, 0.5) is 13.2 Å². The van der Waals surface area contributed by atoms with Gasteiger partial charge in [0.1, 0.15) is 0 Å². The number of rotatable bonds is 4. The van der Waals surface area contributed by atoms with Crippen molar-refractivity contribution >= 4 is 23.1 Å². The fourth-order valence-electron chi connectivity index (χ4n) is 2.14. The SMILES string of the molecule is NC(=S)CCNC(=O)C1CCC(C(F)(F)F)CC1. The van der Waals surface area contributed by atoms with E-state index < -0.39 is 12.1 Å². The molecule has 1 aliphatic carbocycles.